The zero-order chi connectivity index (χ0) is 16.8. The molecule has 0 aromatic heterocycles. The minimum atomic E-state index is -3.47. The predicted molar refractivity (Wildman–Crippen MR) is 91.5 cm³/mol. The van der Waals surface area contributed by atoms with Crippen molar-refractivity contribution in [1.82, 2.24) is 4.31 Å². The molecule has 0 spiro atoms. The summed E-state index contributed by atoms with van der Waals surface area (Å²) >= 11 is 0. The van der Waals surface area contributed by atoms with Crippen LogP contribution in [-0.4, -0.2) is 24.8 Å². The maximum atomic E-state index is 13.2. The summed E-state index contributed by atoms with van der Waals surface area (Å²) in [5.74, 6) is 0.286. The summed E-state index contributed by atoms with van der Waals surface area (Å²) in [7, 11) is -3.47. The van der Waals surface area contributed by atoms with Gasteiger partial charge in [0.2, 0.25) is 10.0 Å². The van der Waals surface area contributed by atoms with Crippen LogP contribution < -0.4 is 0 Å². The maximum Gasteiger partial charge on any atom is 0.244 e. The molecule has 1 saturated heterocycles. The van der Waals surface area contributed by atoms with Gasteiger partial charge in [0.15, 0.2) is 0 Å². The molecule has 0 saturated carbocycles. The van der Waals surface area contributed by atoms with E-state index in [1.807, 2.05) is 39.8 Å². The van der Waals surface area contributed by atoms with Gasteiger partial charge in [0.1, 0.15) is 0 Å². The molecule has 0 aliphatic carbocycles. The number of rotatable bonds is 5. The molecule has 1 aliphatic rings. The van der Waals surface area contributed by atoms with Crippen molar-refractivity contribution in [2.24, 2.45) is 5.92 Å². The number of benzene rings is 1. The first-order chi connectivity index (χ1) is 10.1. The highest BCUT2D eigenvalue weighted by Gasteiger charge is 2.57. The lowest BCUT2D eigenvalue weighted by atomic mass is 10.0. The Hall–Kier alpha value is -1.13. The van der Waals surface area contributed by atoms with Crippen LogP contribution in [0.5, 0.6) is 0 Å². The topological polar surface area (TPSA) is 37.1 Å². The Labute approximate surface area is 135 Å². The molecule has 3 nitrogen and oxygen atoms in total. The van der Waals surface area contributed by atoms with Crippen molar-refractivity contribution >= 4 is 10.0 Å². The van der Waals surface area contributed by atoms with Gasteiger partial charge in [-0.25, -0.2) is 8.42 Å². The number of nitrogens with zero attached hydrogens (tertiary/aromatic N) is 1. The highest BCUT2D eigenvalue weighted by molar-refractivity contribution is 7.89. The Morgan fingerprint density at radius 2 is 1.73 bits per heavy atom. The van der Waals surface area contributed by atoms with Crippen molar-refractivity contribution in [2.75, 3.05) is 0 Å². The molecule has 1 fully saturated rings. The van der Waals surface area contributed by atoms with E-state index in [4.69, 9.17) is 0 Å². The second-order valence-corrected chi connectivity index (χ2v) is 8.53. The molecule has 1 aromatic rings. The molecule has 0 amide bonds. The van der Waals surface area contributed by atoms with Crippen LogP contribution >= 0.6 is 0 Å². The van der Waals surface area contributed by atoms with Crippen LogP contribution in [0.3, 0.4) is 0 Å². The van der Waals surface area contributed by atoms with Crippen LogP contribution in [-0.2, 0) is 10.0 Å². The van der Waals surface area contributed by atoms with Crippen LogP contribution in [0.2, 0.25) is 0 Å². The summed E-state index contributed by atoms with van der Waals surface area (Å²) < 4.78 is 28.0. The van der Waals surface area contributed by atoms with E-state index < -0.39 is 10.0 Å². The summed E-state index contributed by atoms with van der Waals surface area (Å²) in [5, 5.41) is 0. The zero-order valence-electron chi connectivity index (χ0n) is 14.5. The lowest BCUT2D eigenvalue weighted by Gasteiger charge is -2.14. The van der Waals surface area contributed by atoms with Crippen LogP contribution in [0.25, 0.3) is 0 Å². The molecule has 22 heavy (non-hydrogen) atoms. The molecule has 122 valence electrons. The van der Waals surface area contributed by atoms with Crippen LogP contribution in [0, 0.1) is 26.7 Å². The summed E-state index contributed by atoms with van der Waals surface area (Å²) in [6.07, 6.45) is 0.811. The number of hydrogen-bond donors (Lipinski definition) is 0. The van der Waals surface area contributed by atoms with Gasteiger partial charge in [0.05, 0.1) is 10.9 Å². The quantitative estimate of drug-likeness (QED) is 0.608. The lowest BCUT2D eigenvalue weighted by molar-refractivity contribution is 0.516. The molecule has 1 aromatic carbocycles. The monoisotopic (exact) mass is 321 g/mol. The van der Waals surface area contributed by atoms with Gasteiger partial charge in [-0.1, -0.05) is 50.6 Å². The average Bonchev–Trinajstić information content (AvgIpc) is 3.12. The highest BCUT2D eigenvalue weighted by atomic mass is 32.2. The Morgan fingerprint density at radius 3 is 2.14 bits per heavy atom. The fraction of sp³-hybridized carbons (Fsp3) is 0.556. The van der Waals surface area contributed by atoms with E-state index >= 15 is 0 Å². The molecular weight excluding hydrogens is 294 g/mol. The second-order valence-electron chi connectivity index (χ2n) is 6.75. The fourth-order valence-electron chi connectivity index (χ4n) is 3.51. The molecule has 0 bridgehead atoms. The van der Waals surface area contributed by atoms with Crippen LogP contribution in [0.4, 0.5) is 0 Å². The first kappa shape index (κ1) is 17.2. The van der Waals surface area contributed by atoms with E-state index in [1.165, 1.54) is 0 Å². The second kappa shape index (κ2) is 5.82. The first-order valence-electron chi connectivity index (χ1n) is 7.92. The van der Waals surface area contributed by atoms with Crippen molar-refractivity contribution in [3.63, 3.8) is 0 Å². The van der Waals surface area contributed by atoms with E-state index in [-0.39, 0.29) is 18.0 Å². The van der Waals surface area contributed by atoms with Gasteiger partial charge >= 0.3 is 0 Å². The standard InChI is InChI=1S/C18H27NO2S/c1-8-13(5)17-16(11(2)3)19(17)22(20,21)18-14(6)9-12(4)10-15(18)7/h9-11,16-17H,5,8H2,1-4,6-7H3/t16-,17-,19?/m0/s1. The molecule has 3 atom stereocenters. The van der Waals surface area contributed by atoms with Crippen LogP contribution in [0.15, 0.2) is 29.2 Å². The predicted octanol–water partition coefficient (Wildman–Crippen LogP) is 3.98. The third-order valence-corrected chi connectivity index (χ3v) is 6.68. The highest BCUT2D eigenvalue weighted by Crippen LogP contribution is 2.45. The maximum absolute atomic E-state index is 13.2. The molecule has 0 N–H and O–H groups in total. The first-order valence-corrected chi connectivity index (χ1v) is 9.36. The Balaban J connectivity index is 2.50. The number of hydrogen-bond acceptors (Lipinski definition) is 2. The summed E-state index contributed by atoms with van der Waals surface area (Å²) in [6.45, 7) is 16.0. The van der Waals surface area contributed by atoms with Gasteiger partial charge in [0, 0.05) is 6.04 Å². The summed E-state index contributed by atoms with van der Waals surface area (Å²) in [4.78, 5) is 0.468. The third kappa shape index (κ3) is 2.74. The molecule has 4 heteroatoms. The minimum absolute atomic E-state index is 0.0394. The van der Waals surface area contributed by atoms with Gasteiger partial charge in [-0.15, -0.1) is 0 Å². The molecule has 1 unspecified atom stereocenters. The van der Waals surface area contributed by atoms with Gasteiger partial charge in [-0.3, -0.25) is 0 Å². The van der Waals surface area contributed by atoms with Gasteiger partial charge in [0.25, 0.3) is 0 Å². The average molecular weight is 321 g/mol. The van der Waals surface area contributed by atoms with Crippen LogP contribution in [0.1, 0.15) is 43.9 Å². The smallest absolute Gasteiger partial charge is 0.207 e. The van der Waals surface area contributed by atoms with E-state index in [9.17, 15) is 8.42 Å². The van der Waals surface area contributed by atoms with Crippen molar-refractivity contribution in [1.29, 1.82) is 0 Å². The lowest BCUT2D eigenvalue weighted by Crippen LogP contribution is -2.20. The van der Waals surface area contributed by atoms with E-state index in [2.05, 4.69) is 20.4 Å². The molecule has 1 heterocycles. The van der Waals surface area contributed by atoms with Gasteiger partial charge in [-0.2, -0.15) is 4.31 Å². The van der Waals surface area contributed by atoms with E-state index in [0.717, 1.165) is 28.7 Å². The summed E-state index contributed by atoms with van der Waals surface area (Å²) in [5.41, 5.74) is 3.75. The van der Waals surface area contributed by atoms with Crippen molar-refractivity contribution in [3.8, 4) is 0 Å². The van der Waals surface area contributed by atoms with E-state index in [1.54, 1.807) is 4.31 Å². The zero-order valence-corrected chi connectivity index (χ0v) is 15.3. The Bertz CT molecular complexity index is 681. The van der Waals surface area contributed by atoms with Crippen molar-refractivity contribution in [3.05, 3.63) is 41.0 Å². The van der Waals surface area contributed by atoms with Crippen molar-refractivity contribution < 1.29 is 8.42 Å². The molecule has 2 rings (SSSR count). The van der Waals surface area contributed by atoms with Gasteiger partial charge in [-0.05, 0) is 44.2 Å². The van der Waals surface area contributed by atoms with E-state index in [0.29, 0.717) is 4.90 Å². The summed E-state index contributed by atoms with van der Waals surface area (Å²) in [6, 6.07) is 3.88. The molecular formula is C18H27NO2S. The fourth-order valence-corrected chi connectivity index (χ4v) is 5.85. The van der Waals surface area contributed by atoms with Gasteiger partial charge < -0.3 is 0 Å². The molecule has 1 aliphatic heterocycles. The van der Waals surface area contributed by atoms with Crippen molar-refractivity contribution in [2.45, 2.75) is 64.9 Å². The largest absolute Gasteiger partial charge is 0.244 e. The normalized spacial score (nSPS) is 24.6. The minimum Gasteiger partial charge on any atom is -0.207 e. The Kier molecular flexibility index (Phi) is 4.56. The Morgan fingerprint density at radius 1 is 1.23 bits per heavy atom. The molecule has 0 radical (unpaired) electrons. The number of sulfonamides is 1. The third-order valence-electron chi connectivity index (χ3n) is 4.50. The SMILES string of the molecule is C=C(CC)[C@H]1[C@H](C(C)C)N1S(=O)(=O)c1c(C)cc(C)cc1C. The number of aryl methyl sites for hydroxylation is 3.